The average molecular weight is 370 g/mol. The second-order valence-corrected chi connectivity index (χ2v) is 6.02. The summed E-state index contributed by atoms with van der Waals surface area (Å²) in [4.78, 5) is 32.4. The van der Waals surface area contributed by atoms with E-state index in [1.807, 2.05) is 0 Å². The molecule has 1 saturated heterocycles. The zero-order valence-electron chi connectivity index (χ0n) is 15.3. The van der Waals surface area contributed by atoms with E-state index in [0.29, 0.717) is 48.9 Å². The molecule has 1 N–H and O–H groups in total. The molecule has 8 heteroatoms. The maximum absolute atomic E-state index is 12.7. The van der Waals surface area contributed by atoms with Crippen molar-refractivity contribution < 1.29 is 19.1 Å². The second-order valence-electron chi connectivity index (χ2n) is 6.02. The second kappa shape index (κ2) is 8.39. The van der Waals surface area contributed by atoms with Crippen LogP contribution in [0.5, 0.6) is 11.5 Å². The molecule has 27 heavy (non-hydrogen) atoms. The summed E-state index contributed by atoms with van der Waals surface area (Å²) in [5.74, 6) is 0.996. The molecule has 1 aliphatic heterocycles. The van der Waals surface area contributed by atoms with E-state index < -0.39 is 0 Å². The number of carbonyl (C=O) groups is 2. The van der Waals surface area contributed by atoms with Crippen LogP contribution in [-0.2, 0) is 0 Å². The summed E-state index contributed by atoms with van der Waals surface area (Å²) in [7, 11) is 3.09. The molecule has 0 bridgehead atoms. The number of hydrogen-bond acceptors (Lipinski definition) is 5. The summed E-state index contributed by atoms with van der Waals surface area (Å²) in [5, 5.41) is 2.83. The minimum absolute atomic E-state index is 0.0925. The van der Waals surface area contributed by atoms with Crippen LogP contribution in [-0.4, -0.2) is 67.1 Å². The van der Waals surface area contributed by atoms with Crippen molar-refractivity contribution in [2.24, 2.45) is 0 Å². The highest BCUT2D eigenvalue weighted by Crippen LogP contribution is 2.28. The predicted molar refractivity (Wildman–Crippen MR) is 100 cm³/mol. The van der Waals surface area contributed by atoms with E-state index in [-0.39, 0.29) is 11.9 Å². The van der Waals surface area contributed by atoms with Crippen LogP contribution in [0.15, 0.2) is 42.7 Å². The Morgan fingerprint density at radius 1 is 0.926 bits per heavy atom. The maximum Gasteiger partial charge on any atom is 0.321 e. The monoisotopic (exact) mass is 370 g/mol. The van der Waals surface area contributed by atoms with Crippen LogP contribution >= 0.6 is 0 Å². The fraction of sp³-hybridized carbons (Fsp3) is 0.316. The molecule has 0 unspecified atom stereocenters. The van der Waals surface area contributed by atoms with E-state index in [2.05, 4.69) is 10.3 Å². The first-order valence-electron chi connectivity index (χ1n) is 8.59. The van der Waals surface area contributed by atoms with Gasteiger partial charge >= 0.3 is 6.03 Å². The number of piperazine rings is 1. The third-order valence-corrected chi connectivity index (χ3v) is 4.42. The van der Waals surface area contributed by atoms with Gasteiger partial charge in [-0.25, -0.2) is 4.79 Å². The Labute approximate surface area is 157 Å². The smallest absolute Gasteiger partial charge is 0.321 e. The normalized spacial score (nSPS) is 13.9. The molecular formula is C19H22N4O4. The molecule has 2 aromatic rings. The molecule has 3 rings (SSSR count). The molecule has 1 fully saturated rings. The summed E-state index contributed by atoms with van der Waals surface area (Å²) in [6, 6.07) is 8.38. The van der Waals surface area contributed by atoms with Crippen LogP contribution in [0, 0.1) is 0 Å². The van der Waals surface area contributed by atoms with Gasteiger partial charge in [0.25, 0.3) is 5.91 Å². The van der Waals surface area contributed by atoms with E-state index >= 15 is 0 Å². The van der Waals surface area contributed by atoms with Crippen LogP contribution < -0.4 is 14.8 Å². The van der Waals surface area contributed by atoms with E-state index in [9.17, 15) is 9.59 Å². The Hall–Kier alpha value is -3.29. The molecule has 0 aliphatic carbocycles. The van der Waals surface area contributed by atoms with Gasteiger partial charge in [0.15, 0.2) is 11.5 Å². The number of urea groups is 1. The Kier molecular flexibility index (Phi) is 5.75. The highest BCUT2D eigenvalue weighted by Gasteiger charge is 2.25. The number of carbonyl (C=O) groups excluding carboxylic acids is 2. The number of ether oxygens (including phenoxy) is 2. The van der Waals surface area contributed by atoms with Crippen molar-refractivity contribution in [3.63, 3.8) is 0 Å². The predicted octanol–water partition coefficient (Wildman–Crippen LogP) is 2.09. The highest BCUT2D eigenvalue weighted by atomic mass is 16.5. The van der Waals surface area contributed by atoms with Crippen LogP contribution in [0.3, 0.4) is 0 Å². The minimum Gasteiger partial charge on any atom is -0.493 e. The Morgan fingerprint density at radius 3 is 2.19 bits per heavy atom. The molecule has 1 aliphatic rings. The third-order valence-electron chi connectivity index (χ3n) is 4.42. The molecule has 1 aromatic carbocycles. The zero-order chi connectivity index (χ0) is 19.2. The molecule has 0 atom stereocenters. The average Bonchev–Trinajstić information content (AvgIpc) is 2.73. The van der Waals surface area contributed by atoms with E-state index in [1.165, 1.54) is 7.11 Å². The first kappa shape index (κ1) is 18.5. The van der Waals surface area contributed by atoms with Crippen molar-refractivity contribution >= 4 is 17.6 Å². The van der Waals surface area contributed by atoms with Crippen LogP contribution in [0.4, 0.5) is 10.5 Å². The molecular weight excluding hydrogens is 348 g/mol. The van der Waals surface area contributed by atoms with Crippen molar-refractivity contribution in [2.45, 2.75) is 0 Å². The molecule has 0 saturated carbocycles. The quantitative estimate of drug-likeness (QED) is 0.891. The third kappa shape index (κ3) is 4.28. The SMILES string of the molecule is COc1ccc(C(=O)N2CCN(C(=O)Nc3ccncc3)CC2)cc1OC. The maximum atomic E-state index is 12.7. The summed E-state index contributed by atoms with van der Waals surface area (Å²) in [5.41, 5.74) is 1.22. The molecule has 2 heterocycles. The topological polar surface area (TPSA) is 84.0 Å². The number of nitrogens with one attached hydrogen (secondary N) is 1. The van der Waals surface area contributed by atoms with Crippen LogP contribution in [0.25, 0.3) is 0 Å². The number of methoxy groups -OCH3 is 2. The Bertz CT molecular complexity index is 805. The number of pyridine rings is 1. The lowest BCUT2D eigenvalue weighted by atomic mass is 10.1. The first-order chi connectivity index (χ1) is 13.1. The van der Waals surface area contributed by atoms with Gasteiger partial charge in [-0.3, -0.25) is 9.78 Å². The van der Waals surface area contributed by atoms with Crippen molar-refractivity contribution in [3.05, 3.63) is 48.3 Å². The van der Waals surface area contributed by atoms with Gasteiger partial charge in [0.1, 0.15) is 0 Å². The lowest BCUT2D eigenvalue weighted by molar-refractivity contribution is 0.0671. The van der Waals surface area contributed by atoms with Gasteiger partial charge in [0.2, 0.25) is 0 Å². The Morgan fingerprint density at radius 2 is 1.56 bits per heavy atom. The molecule has 8 nitrogen and oxygen atoms in total. The molecule has 3 amide bonds. The number of amides is 3. The van der Waals surface area contributed by atoms with Crippen molar-refractivity contribution in [1.82, 2.24) is 14.8 Å². The van der Waals surface area contributed by atoms with Gasteiger partial charge in [-0.1, -0.05) is 0 Å². The fourth-order valence-corrected chi connectivity index (χ4v) is 2.90. The standard InChI is InChI=1S/C19H22N4O4/c1-26-16-4-3-14(13-17(16)27-2)18(24)22-9-11-23(12-10-22)19(25)21-15-5-7-20-8-6-15/h3-8,13H,9-12H2,1-2H3,(H,20,21,25). The lowest BCUT2D eigenvalue weighted by Gasteiger charge is -2.34. The number of nitrogens with zero attached hydrogens (tertiary/aromatic N) is 3. The molecule has 0 radical (unpaired) electrons. The number of hydrogen-bond donors (Lipinski definition) is 1. The molecule has 142 valence electrons. The Balaban J connectivity index is 1.58. The number of rotatable bonds is 4. The van der Waals surface area contributed by atoms with Crippen molar-refractivity contribution in [2.75, 3.05) is 45.7 Å². The van der Waals surface area contributed by atoms with Gasteiger partial charge in [0.05, 0.1) is 14.2 Å². The molecule has 0 spiro atoms. The van der Waals surface area contributed by atoms with E-state index in [0.717, 1.165) is 0 Å². The van der Waals surface area contributed by atoms with E-state index in [4.69, 9.17) is 9.47 Å². The summed E-state index contributed by atoms with van der Waals surface area (Å²) < 4.78 is 10.5. The van der Waals surface area contributed by atoms with Crippen molar-refractivity contribution in [1.29, 1.82) is 0 Å². The minimum atomic E-state index is -0.181. The van der Waals surface area contributed by atoms with Crippen LogP contribution in [0.2, 0.25) is 0 Å². The van der Waals surface area contributed by atoms with Crippen molar-refractivity contribution in [3.8, 4) is 11.5 Å². The number of anilines is 1. The first-order valence-corrected chi connectivity index (χ1v) is 8.59. The van der Waals surface area contributed by atoms with Gasteiger partial charge in [-0.05, 0) is 30.3 Å². The highest BCUT2D eigenvalue weighted by molar-refractivity contribution is 5.95. The summed E-state index contributed by atoms with van der Waals surface area (Å²) >= 11 is 0. The lowest BCUT2D eigenvalue weighted by Crippen LogP contribution is -2.51. The fourth-order valence-electron chi connectivity index (χ4n) is 2.90. The van der Waals surface area contributed by atoms with E-state index in [1.54, 1.807) is 59.6 Å². The van der Waals surface area contributed by atoms with Gasteiger partial charge < -0.3 is 24.6 Å². The molecule has 1 aromatic heterocycles. The number of benzene rings is 1. The van der Waals surface area contributed by atoms with Gasteiger partial charge in [-0.2, -0.15) is 0 Å². The summed E-state index contributed by atoms with van der Waals surface area (Å²) in [6.07, 6.45) is 3.24. The number of aromatic nitrogens is 1. The zero-order valence-corrected chi connectivity index (χ0v) is 15.3. The van der Waals surface area contributed by atoms with Gasteiger partial charge in [0, 0.05) is 49.8 Å². The summed E-state index contributed by atoms with van der Waals surface area (Å²) in [6.45, 7) is 1.87. The largest absolute Gasteiger partial charge is 0.493 e. The van der Waals surface area contributed by atoms with Gasteiger partial charge in [-0.15, -0.1) is 0 Å². The van der Waals surface area contributed by atoms with Crippen LogP contribution in [0.1, 0.15) is 10.4 Å².